The molecule has 2 aromatic rings. The van der Waals surface area contributed by atoms with E-state index in [4.69, 9.17) is 4.74 Å². The summed E-state index contributed by atoms with van der Waals surface area (Å²) in [5.74, 6) is 0.255. The lowest BCUT2D eigenvalue weighted by Crippen LogP contribution is -1.92. The van der Waals surface area contributed by atoms with Gasteiger partial charge in [0.25, 0.3) is 0 Å². The fourth-order valence-corrected chi connectivity index (χ4v) is 1.34. The highest BCUT2D eigenvalue weighted by Gasteiger charge is 2.03. The quantitative estimate of drug-likeness (QED) is 0.846. The fourth-order valence-electron chi connectivity index (χ4n) is 1.14. The summed E-state index contributed by atoms with van der Waals surface area (Å²) >= 11 is 3.22. The summed E-state index contributed by atoms with van der Waals surface area (Å²) in [6, 6.07) is 4.71. The summed E-state index contributed by atoms with van der Waals surface area (Å²) in [7, 11) is 0. The van der Waals surface area contributed by atoms with E-state index in [-0.39, 0.29) is 11.8 Å². The first-order valence-electron chi connectivity index (χ1n) is 4.57. The summed E-state index contributed by atoms with van der Waals surface area (Å²) in [5.41, 5.74) is 0.523. The van der Waals surface area contributed by atoms with Gasteiger partial charge < -0.3 is 4.74 Å². The monoisotopic (exact) mass is 282 g/mol. The summed E-state index contributed by atoms with van der Waals surface area (Å²) in [5, 5.41) is 0. The maximum absolute atomic E-state index is 13.0. The highest BCUT2D eigenvalue weighted by Crippen LogP contribution is 2.20. The molecule has 0 bridgehead atoms. The van der Waals surface area contributed by atoms with E-state index in [1.807, 2.05) is 0 Å². The molecule has 0 N–H and O–H groups in total. The first-order chi connectivity index (χ1) is 7.65. The number of ether oxygens (including phenoxy) is 1. The molecule has 0 atom stereocenters. The molecule has 5 heteroatoms. The molecular formula is C11H8BrFN2O. The average Bonchev–Trinajstić information content (AvgIpc) is 2.27. The summed E-state index contributed by atoms with van der Waals surface area (Å²) in [6.07, 6.45) is 3.16. The highest BCUT2D eigenvalue weighted by molar-refractivity contribution is 9.10. The van der Waals surface area contributed by atoms with Gasteiger partial charge in [-0.2, -0.15) is 0 Å². The normalized spacial score (nSPS) is 10.2. The Morgan fingerprint density at radius 2 is 1.94 bits per heavy atom. The van der Waals surface area contributed by atoms with E-state index in [1.165, 1.54) is 12.1 Å². The Morgan fingerprint density at radius 3 is 2.56 bits per heavy atom. The van der Waals surface area contributed by atoms with Crippen molar-refractivity contribution in [3.05, 3.63) is 46.4 Å². The van der Waals surface area contributed by atoms with Gasteiger partial charge in [-0.1, -0.05) is 0 Å². The van der Waals surface area contributed by atoms with E-state index in [2.05, 4.69) is 25.9 Å². The molecule has 0 saturated heterocycles. The van der Waals surface area contributed by atoms with Crippen molar-refractivity contribution < 1.29 is 9.13 Å². The minimum absolute atomic E-state index is 0.231. The van der Waals surface area contributed by atoms with E-state index < -0.39 is 0 Å². The average molecular weight is 283 g/mol. The van der Waals surface area contributed by atoms with Gasteiger partial charge in [0.2, 0.25) is 0 Å². The Labute approximate surface area is 100 Å². The van der Waals surface area contributed by atoms with Crippen LogP contribution in [-0.2, 0) is 0 Å². The van der Waals surface area contributed by atoms with Crippen molar-refractivity contribution in [2.45, 2.75) is 6.92 Å². The van der Waals surface area contributed by atoms with Crippen LogP contribution in [0.2, 0.25) is 0 Å². The predicted octanol–water partition coefficient (Wildman–Crippen LogP) is 3.48. The SMILES string of the molecule is Cc1cc(Oc2ncc(Br)cn2)ccc1F. The summed E-state index contributed by atoms with van der Waals surface area (Å²) < 4.78 is 19.1. The summed E-state index contributed by atoms with van der Waals surface area (Å²) in [6.45, 7) is 1.67. The van der Waals surface area contributed by atoms with Gasteiger partial charge >= 0.3 is 6.01 Å². The lowest BCUT2D eigenvalue weighted by molar-refractivity contribution is 0.439. The third kappa shape index (κ3) is 2.55. The molecule has 0 radical (unpaired) electrons. The van der Waals surface area contributed by atoms with E-state index in [0.717, 1.165) is 4.47 Å². The topological polar surface area (TPSA) is 35.0 Å². The third-order valence-corrected chi connectivity index (χ3v) is 2.34. The van der Waals surface area contributed by atoms with Crippen molar-refractivity contribution in [3.63, 3.8) is 0 Å². The second-order valence-electron chi connectivity index (χ2n) is 3.20. The van der Waals surface area contributed by atoms with Crippen molar-refractivity contribution in [1.82, 2.24) is 9.97 Å². The largest absolute Gasteiger partial charge is 0.424 e. The molecule has 0 spiro atoms. The first kappa shape index (κ1) is 11.0. The van der Waals surface area contributed by atoms with Crippen LogP contribution in [0.15, 0.2) is 35.1 Å². The van der Waals surface area contributed by atoms with Gasteiger partial charge in [-0.05, 0) is 46.6 Å². The Morgan fingerprint density at radius 1 is 1.25 bits per heavy atom. The van der Waals surface area contributed by atoms with Crippen LogP contribution in [0.25, 0.3) is 0 Å². The van der Waals surface area contributed by atoms with Crippen molar-refractivity contribution in [2.75, 3.05) is 0 Å². The van der Waals surface area contributed by atoms with Crippen LogP contribution in [-0.4, -0.2) is 9.97 Å². The molecule has 16 heavy (non-hydrogen) atoms. The number of aromatic nitrogens is 2. The number of halogens is 2. The number of nitrogens with zero attached hydrogens (tertiary/aromatic N) is 2. The van der Waals surface area contributed by atoms with E-state index in [1.54, 1.807) is 25.4 Å². The van der Waals surface area contributed by atoms with Crippen LogP contribution in [0, 0.1) is 12.7 Å². The molecule has 0 unspecified atom stereocenters. The molecule has 1 aromatic carbocycles. The number of benzene rings is 1. The van der Waals surface area contributed by atoms with Crippen molar-refractivity contribution >= 4 is 15.9 Å². The molecule has 2 rings (SSSR count). The van der Waals surface area contributed by atoms with Crippen LogP contribution < -0.4 is 4.74 Å². The van der Waals surface area contributed by atoms with E-state index in [0.29, 0.717) is 11.3 Å². The van der Waals surface area contributed by atoms with Crippen LogP contribution in [0.5, 0.6) is 11.8 Å². The van der Waals surface area contributed by atoms with Crippen LogP contribution in [0.1, 0.15) is 5.56 Å². The van der Waals surface area contributed by atoms with Crippen molar-refractivity contribution in [2.24, 2.45) is 0 Å². The lowest BCUT2D eigenvalue weighted by atomic mass is 10.2. The molecule has 0 aliphatic heterocycles. The third-order valence-electron chi connectivity index (χ3n) is 1.94. The molecule has 82 valence electrons. The summed E-state index contributed by atoms with van der Waals surface area (Å²) in [4.78, 5) is 7.90. The number of hydrogen-bond acceptors (Lipinski definition) is 3. The number of aryl methyl sites for hydroxylation is 1. The van der Waals surface area contributed by atoms with Gasteiger partial charge in [0.1, 0.15) is 11.6 Å². The predicted molar refractivity (Wildman–Crippen MR) is 60.9 cm³/mol. The van der Waals surface area contributed by atoms with Crippen molar-refractivity contribution in [1.29, 1.82) is 0 Å². The second-order valence-corrected chi connectivity index (χ2v) is 4.11. The molecule has 0 aliphatic carbocycles. The van der Waals surface area contributed by atoms with Gasteiger partial charge in [0.15, 0.2) is 0 Å². The maximum Gasteiger partial charge on any atom is 0.321 e. The molecule has 1 heterocycles. The minimum Gasteiger partial charge on any atom is -0.424 e. The number of rotatable bonds is 2. The minimum atomic E-state index is -0.260. The molecule has 3 nitrogen and oxygen atoms in total. The Hall–Kier alpha value is -1.49. The van der Waals surface area contributed by atoms with Gasteiger partial charge in [0, 0.05) is 12.4 Å². The zero-order valence-corrected chi connectivity index (χ0v) is 10.0. The van der Waals surface area contributed by atoms with E-state index >= 15 is 0 Å². The Balaban J connectivity index is 2.20. The standard InChI is InChI=1S/C11H8BrFN2O/c1-7-4-9(2-3-10(7)13)16-11-14-5-8(12)6-15-11/h2-6H,1H3. The van der Waals surface area contributed by atoms with Crippen LogP contribution in [0.3, 0.4) is 0 Å². The number of hydrogen-bond donors (Lipinski definition) is 0. The van der Waals surface area contributed by atoms with Gasteiger partial charge in [-0.25, -0.2) is 14.4 Å². The zero-order valence-electron chi connectivity index (χ0n) is 8.45. The van der Waals surface area contributed by atoms with Gasteiger partial charge in [-0.3, -0.25) is 0 Å². The fraction of sp³-hybridized carbons (Fsp3) is 0.0909. The smallest absolute Gasteiger partial charge is 0.321 e. The zero-order chi connectivity index (χ0) is 11.5. The molecular weight excluding hydrogens is 275 g/mol. The second kappa shape index (κ2) is 4.57. The molecule has 0 fully saturated rings. The van der Waals surface area contributed by atoms with Gasteiger partial charge in [0.05, 0.1) is 4.47 Å². The van der Waals surface area contributed by atoms with Crippen LogP contribution in [0.4, 0.5) is 4.39 Å². The molecule has 0 aliphatic rings. The van der Waals surface area contributed by atoms with Crippen LogP contribution >= 0.6 is 15.9 Å². The highest BCUT2D eigenvalue weighted by atomic mass is 79.9. The molecule has 0 amide bonds. The van der Waals surface area contributed by atoms with Crippen molar-refractivity contribution in [3.8, 4) is 11.8 Å². The van der Waals surface area contributed by atoms with Gasteiger partial charge in [-0.15, -0.1) is 0 Å². The maximum atomic E-state index is 13.0. The molecule has 1 aromatic heterocycles. The Kier molecular flexibility index (Phi) is 3.14. The lowest BCUT2D eigenvalue weighted by Gasteiger charge is -2.04. The molecule has 0 saturated carbocycles. The Bertz CT molecular complexity index is 502. The first-order valence-corrected chi connectivity index (χ1v) is 5.36. The van der Waals surface area contributed by atoms with E-state index in [9.17, 15) is 4.39 Å².